The van der Waals surface area contributed by atoms with Crippen molar-refractivity contribution in [1.82, 2.24) is 10.2 Å². The van der Waals surface area contributed by atoms with Gasteiger partial charge >= 0.3 is 6.03 Å². The van der Waals surface area contributed by atoms with Crippen molar-refractivity contribution < 1.29 is 9.59 Å². The molecule has 1 heterocycles. The molecular weight excluding hydrogens is 324 g/mol. The van der Waals surface area contributed by atoms with E-state index in [2.05, 4.69) is 19.2 Å². The number of urea groups is 1. The molecule has 0 spiro atoms. The number of nitrogens with one attached hydrogen (secondary N) is 1. The molecule has 26 heavy (non-hydrogen) atoms. The minimum Gasteiger partial charge on any atom is -0.319 e. The number of benzene rings is 2. The second-order valence-corrected chi connectivity index (χ2v) is 7.65. The van der Waals surface area contributed by atoms with Crippen LogP contribution >= 0.6 is 0 Å². The third-order valence-electron chi connectivity index (χ3n) is 5.26. The van der Waals surface area contributed by atoms with Gasteiger partial charge in [0.25, 0.3) is 5.91 Å². The van der Waals surface area contributed by atoms with E-state index < -0.39 is 5.54 Å². The SMILES string of the molecule is Cc1ccc(C)c(CN2C(=O)N[C@](C)(c3ccc(C(C)C)cc3)C2=O)c1. The van der Waals surface area contributed by atoms with E-state index >= 15 is 0 Å². The first-order valence-corrected chi connectivity index (χ1v) is 9.03. The van der Waals surface area contributed by atoms with Crippen LogP contribution in [-0.4, -0.2) is 16.8 Å². The summed E-state index contributed by atoms with van der Waals surface area (Å²) in [5.41, 5.74) is 4.18. The fraction of sp³-hybridized carbons (Fsp3) is 0.364. The number of hydrogen-bond acceptors (Lipinski definition) is 2. The molecule has 136 valence electrons. The molecule has 4 heteroatoms. The van der Waals surface area contributed by atoms with E-state index in [9.17, 15) is 9.59 Å². The lowest BCUT2D eigenvalue weighted by Crippen LogP contribution is -2.40. The summed E-state index contributed by atoms with van der Waals surface area (Å²) in [6.45, 7) is 10.3. The Balaban J connectivity index is 1.89. The monoisotopic (exact) mass is 350 g/mol. The van der Waals surface area contributed by atoms with Gasteiger partial charge in [0.1, 0.15) is 5.54 Å². The smallest absolute Gasteiger partial charge is 0.319 e. The molecule has 0 bridgehead atoms. The number of carbonyl (C=O) groups excluding carboxylic acids is 2. The van der Waals surface area contributed by atoms with Crippen molar-refractivity contribution in [2.24, 2.45) is 0 Å². The van der Waals surface area contributed by atoms with Gasteiger partial charge in [0.2, 0.25) is 0 Å². The zero-order valence-electron chi connectivity index (χ0n) is 16.1. The normalized spacial score (nSPS) is 20.0. The van der Waals surface area contributed by atoms with Gasteiger partial charge in [-0.05, 0) is 48.9 Å². The molecule has 1 aliphatic heterocycles. The summed E-state index contributed by atoms with van der Waals surface area (Å²) in [5.74, 6) is 0.215. The summed E-state index contributed by atoms with van der Waals surface area (Å²) in [4.78, 5) is 27.0. The topological polar surface area (TPSA) is 49.4 Å². The Hall–Kier alpha value is -2.62. The number of aryl methyl sites for hydroxylation is 2. The highest BCUT2D eigenvalue weighted by molar-refractivity contribution is 6.07. The van der Waals surface area contributed by atoms with Crippen molar-refractivity contribution in [3.8, 4) is 0 Å². The average molecular weight is 350 g/mol. The zero-order valence-corrected chi connectivity index (χ0v) is 16.1. The van der Waals surface area contributed by atoms with Crippen molar-refractivity contribution in [2.45, 2.75) is 52.6 Å². The van der Waals surface area contributed by atoms with E-state index in [-0.39, 0.29) is 18.5 Å². The van der Waals surface area contributed by atoms with Gasteiger partial charge in [-0.1, -0.05) is 61.9 Å². The van der Waals surface area contributed by atoms with E-state index in [1.165, 1.54) is 10.5 Å². The fourth-order valence-electron chi connectivity index (χ4n) is 3.38. The van der Waals surface area contributed by atoms with Crippen LogP contribution in [0, 0.1) is 13.8 Å². The minimum absolute atomic E-state index is 0.208. The number of amides is 3. The van der Waals surface area contributed by atoms with E-state index in [1.807, 2.05) is 56.3 Å². The summed E-state index contributed by atoms with van der Waals surface area (Å²) in [5, 5.41) is 2.89. The molecule has 0 saturated carbocycles. The summed E-state index contributed by atoms with van der Waals surface area (Å²) in [6, 6.07) is 13.7. The number of nitrogens with zero attached hydrogens (tertiary/aromatic N) is 1. The van der Waals surface area contributed by atoms with Gasteiger partial charge < -0.3 is 5.32 Å². The van der Waals surface area contributed by atoms with Crippen molar-refractivity contribution >= 4 is 11.9 Å². The summed E-state index contributed by atoms with van der Waals surface area (Å²) < 4.78 is 0. The third-order valence-corrected chi connectivity index (χ3v) is 5.26. The molecule has 1 saturated heterocycles. The van der Waals surface area contributed by atoms with Crippen LogP contribution in [0.25, 0.3) is 0 Å². The summed E-state index contributed by atoms with van der Waals surface area (Å²) in [6.07, 6.45) is 0. The molecule has 2 aromatic rings. The molecule has 0 unspecified atom stereocenters. The molecule has 4 nitrogen and oxygen atoms in total. The Kier molecular flexibility index (Phi) is 4.61. The van der Waals surface area contributed by atoms with E-state index in [4.69, 9.17) is 0 Å². The van der Waals surface area contributed by atoms with Crippen LogP contribution in [0.5, 0.6) is 0 Å². The minimum atomic E-state index is -1.02. The van der Waals surface area contributed by atoms with Gasteiger partial charge in [0.15, 0.2) is 0 Å². The molecular formula is C22H26N2O2. The van der Waals surface area contributed by atoms with Crippen molar-refractivity contribution in [2.75, 3.05) is 0 Å². The zero-order chi connectivity index (χ0) is 19.1. The lowest BCUT2D eigenvalue weighted by atomic mass is 9.90. The lowest BCUT2D eigenvalue weighted by molar-refractivity contribution is -0.131. The number of hydrogen-bond donors (Lipinski definition) is 1. The van der Waals surface area contributed by atoms with Crippen molar-refractivity contribution in [1.29, 1.82) is 0 Å². The first-order valence-electron chi connectivity index (χ1n) is 9.03. The van der Waals surface area contributed by atoms with Gasteiger partial charge in [-0.3, -0.25) is 9.69 Å². The van der Waals surface area contributed by atoms with Crippen LogP contribution in [0.1, 0.15) is 54.5 Å². The van der Waals surface area contributed by atoms with E-state index in [0.717, 1.165) is 22.3 Å². The molecule has 0 aromatic heterocycles. The Bertz CT molecular complexity index is 855. The van der Waals surface area contributed by atoms with Gasteiger partial charge in [0, 0.05) is 0 Å². The first kappa shape index (κ1) is 18.2. The average Bonchev–Trinajstić information content (AvgIpc) is 2.82. The lowest BCUT2D eigenvalue weighted by Gasteiger charge is -2.23. The third kappa shape index (κ3) is 3.12. The van der Waals surface area contributed by atoms with Gasteiger partial charge in [-0.15, -0.1) is 0 Å². The predicted molar refractivity (Wildman–Crippen MR) is 103 cm³/mol. The predicted octanol–water partition coefficient (Wildman–Crippen LogP) is 4.39. The Morgan fingerprint density at radius 3 is 2.31 bits per heavy atom. The molecule has 2 aromatic carbocycles. The highest BCUT2D eigenvalue weighted by Crippen LogP contribution is 2.31. The maximum absolute atomic E-state index is 13.1. The Labute approximate surface area is 155 Å². The molecule has 3 amide bonds. The van der Waals surface area contributed by atoms with Gasteiger partial charge in [-0.25, -0.2) is 4.79 Å². The second kappa shape index (κ2) is 6.60. The highest BCUT2D eigenvalue weighted by atomic mass is 16.2. The van der Waals surface area contributed by atoms with Crippen LogP contribution in [0.4, 0.5) is 4.79 Å². The largest absolute Gasteiger partial charge is 0.325 e. The highest BCUT2D eigenvalue weighted by Gasteiger charge is 2.48. The Morgan fingerprint density at radius 1 is 1.04 bits per heavy atom. The maximum atomic E-state index is 13.1. The molecule has 3 rings (SSSR count). The van der Waals surface area contributed by atoms with Crippen LogP contribution in [0.15, 0.2) is 42.5 Å². The standard InChI is InChI=1S/C22H26N2O2/c1-14(2)17-8-10-19(11-9-17)22(5)20(25)24(21(26)23-22)13-18-12-15(3)6-7-16(18)4/h6-12,14H,13H2,1-5H3,(H,23,26)/t22-/m1/s1. The number of carbonyl (C=O) groups is 2. The molecule has 0 aliphatic carbocycles. The van der Waals surface area contributed by atoms with Crippen LogP contribution < -0.4 is 5.32 Å². The van der Waals surface area contributed by atoms with Crippen LogP contribution in [-0.2, 0) is 16.9 Å². The molecule has 0 radical (unpaired) electrons. The number of imide groups is 1. The van der Waals surface area contributed by atoms with Gasteiger partial charge in [0.05, 0.1) is 6.54 Å². The molecule has 1 fully saturated rings. The fourth-order valence-corrected chi connectivity index (χ4v) is 3.38. The summed E-state index contributed by atoms with van der Waals surface area (Å²) in [7, 11) is 0. The van der Waals surface area contributed by atoms with E-state index in [1.54, 1.807) is 6.92 Å². The quantitative estimate of drug-likeness (QED) is 0.831. The van der Waals surface area contributed by atoms with Crippen LogP contribution in [0.2, 0.25) is 0 Å². The summed E-state index contributed by atoms with van der Waals surface area (Å²) >= 11 is 0. The molecule has 1 atom stereocenters. The second-order valence-electron chi connectivity index (χ2n) is 7.65. The molecule has 1 aliphatic rings. The van der Waals surface area contributed by atoms with Crippen molar-refractivity contribution in [3.63, 3.8) is 0 Å². The van der Waals surface area contributed by atoms with Crippen molar-refractivity contribution in [3.05, 3.63) is 70.3 Å². The maximum Gasteiger partial charge on any atom is 0.325 e. The van der Waals surface area contributed by atoms with Gasteiger partial charge in [-0.2, -0.15) is 0 Å². The number of rotatable bonds is 4. The van der Waals surface area contributed by atoms with E-state index in [0.29, 0.717) is 5.92 Å². The Morgan fingerprint density at radius 2 is 1.69 bits per heavy atom. The molecule has 1 N–H and O–H groups in total. The first-order chi connectivity index (χ1) is 12.2. The van der Waals surface area contributed by atoms with Crippen LogP contribution in [0.3, 0.4) is 0 Å².